The number of hydrogen-bond acceptors (Lipinski definition) is 5. The lowest BCUT2D eigenvalue weighted by Crippen LogP contribution is -2.55. The molecule has 29 heavy (non-hydrogen) atoms. The summed E-state index contributed by atoms with van der Waals surface area (Å²) >= 11 is 0. The van der Waals surface area contributed by atoms with Crippen LogP contribution in [-0.4, -0.2) is 72.1 Å². The van der Waals surface area contributed by atoms with Gasteiger partial charge in [-0.3, -0.25) is 14.6 Å². The molecular weight excluding hydrogens is 370 g/mol. The number of ether oxygens (including phenoxy) is 2. The monoisotopic (exact) mass is 399 g/mol. The molecule has 3 aliphatic heterocycles. The Bertz CT molecular complexity index is 778. The second kappa shape index (κ2) is 7.94. The van der Waals surface area contributed by atoms with E-state index in [9.17, 15) is 9.59 Å². The summed E-state index contributed by atoms with van der Waals surface area (Å²) in [5.41, 5.74) is 2.24. The van der Waals surface area contributed by atoms with E-state index < -0.39 is 0 Å². The third-order valence-corrected chi connectivity index (χ3v) is 6.92. The SMILES string of the molecule is O=C(C1CCC(c2ccc3c(n2)CCO3)CC1)N1CCN(C(=O)C2CCO2)CC1. The van der Waals surface area contributed by atoms with E-state index in [4.69, 9.17) is 14.5 Å². The van der Waals surface area contributed by atoms with Crippen LogP contribution < -0.4 is 4.74 Å². The van der Waals surface area contributed by atoms with E-state index in [0.29, 0.717) is 38.7 Å². The Labute approximate surface area is 171 Å². The van der Waals surface area contributed by atoms with E-state index in [1.807, 2.05) is 9.80 Å². The lowest BCUT2D eigenvalue weighted by atomic mass is 9.79. The van der Waals surface area contributed by atoms with Gasteiger partial charge in [0, 0.05) is 56.6 Å². The molecule has 1 aromatic heterocycles. The number of rotatable bonds is 3. The number of amides is 2. The Balaban J connectivity index is 1.11. The van der Waals surface area contributed by atoms with Crippen molar-refractivity contribution >= 4 is 11.8 Å². The minimum atomic E-state index is -0.244. The smallest absolute Gasteiger partial charge is 0.251 e. The maximum Gasteiger partial charge on any atom is 0.251 e. The standard InChI is InChI=1S/C22H29N3O4/c26-21(24-9-11-25(12-10-24)22(27)20-8-14-29-20)16-3-1-15(2-4-16)17-5-6-19-18(23-17)7-13-28-19/h5-6,15-16,20H,1-4,7-14H2. The first-order chi connectivity index (χ1) is 14.2. The molecule has 1 aromatic rings. The quantitative estimate of drug-likeness (QED) is 0.774. The first-order valence-corrected chi connectivity index (χ1v) is 11.0. The van der Waals surface area contributed by atoms with Gasteiger partial charge in [0.05, 0.1) is 18.9 Å². The number of carbonyl (C=O) groups excluding carboxylic acids is 2. The van der Waals surface area contributed by atoms with Crippen molar-refractivity contribution in [1.82, 2.24) is 14.8 Å². The fraction of sp³-hybridized carbons (Fsp3) is 0.682. The number of piperazine rings is 1. The van der Waals surface area contributed by atoms with E-state index in [2.05, 4.69) is 12.1 Å². The summed E-state index contributed by atoms with van der Waals surface area (Å²) in [6, 6.07) is 4.15. The summed E-state index contributed by atoms with van der Waals surface area (Å²) in [6.07, 6.45) is 5.36. The Morgan fingerprint density at radius 3 is 2.24 bits per heavy atom. The first kappa shape index (κ1) is 18.9. The molecule has 7 nitrogen and oxygen atoms in total. The van der Waals surface area contributed by atoms with Crippen LogP contribution >= 0.6 is 0 Å². The molecule has 0 bridgehead atoms. The predicted octanol–water partition coefficient (Wildman–Crippen LogP) is 1.75. The van der Waals surface area contributed by atoms with Crippen molar-refractivity contribution in [2.45, 2.75) is 50.5 Å². The van der Waals surface area contributed by atoms with Crippen LogP contribution in [0.4, 0.5) is 0 Å². The third-order valence-electron chi connectivity index (χ3n) is 6.92. The molecule has 1 atom stereocenters. The molecular formula is C22H29N3O4. The Kier molecular flexibility index (Phi) is 5.16. The maximum atomic E-state index is 13.0. The summed E-state index contributed by atoms with van der Waals surface area (Å²) in [6.45, 7) is 3.96. The molecule has 156 valence electrons. The average Bonchev–Trinajstić information content (AvgIpc) is 3.20. The molecule has 4 heterocycles. The summed E-state index contributed by atoms with van der Waals surface area (Å²) in [5.74, 6) is 1.85. The van der Waals surface area contributed by atoms with Crippen molar-refractivity contribution in [2.75, 3.05) is 39.4 Å². The van der Waals surface area contributed by atoms with E-state index >= 15 is 0 Å². The van der Waals surface area contributed by atoms with Crippen molar-refractivity contribution in [3.8, 4) is 5.75 Å². The van der Waals surface area contributed by atoms with Crippen LogP contribution in [-0.2, 0) is 20.7 Å². The Morgan fingerprint density at radius 2 is 1.59 bits per heavy atom. The maximum absolute atomic E-state index is 13.0. The van der Waals surface area contributed by atoms with Gasteiger partial charge in [0.15, 0.2) is 0 Å². The number of aromatic nitrogens is 1. The molecule has 0 N–H and O–H groups in total. The van der Waals surface area contributed by atoms with Crippen molar-refractivity contribution in [3.63, 3.8) is 0 Å². The molecule has 1 unspecified atom stereocenters. The minimum absolute atomic E-state index is 0.0936. The van der Waals surface area contributed by atoms with Gasteiger partial charge in [-0.1, -0.05) is 0 Å². The van der Waals surface area contributed by atoms with E-state index in [1.165, 1.54) is 0 Å². The summed E-state index contributed by atoms with van der Waals surface area (Å²) in [4.78, 5) is 33.9. The molecule has 3 fully saturated rings. The molecule has 0 aromatic carbocycles. The van der Waals surface area contributed by atoms with Gasteiger partial charge in [0.1, 0.15) is 11.9 Å². The average molecular weight is 399 g/mol. The van der Waals surface area contributed by atoms with Gasteiger partial charge in [0.25, 0.3) is 5.91 Å². The van der Waals surface area contributed by atoms with Crippen LogP contribution in [0.25, 0.3) is 0 Å². The predicted molar refractivity (Wildman–Crippen MR) is 106 cm³/mol. The first-order valence-electron chi connectivity index (χ1n) is 11.0. The molecule has 5 rings (SSSR count). The van der Waals surface area contributed by atoms with Crippen LogP contribution in [0.15, 0.2) is 12.1 Å². The molecule has 2 saturated heterocycles. The van der Waals surface area contributed by atoms with Gasteiger partial charge < -0.3 is 19.3 Å². The van der Waals surface area contributed by atoms with Crippen LogP contribution in [0.5, 0.6) is 5.75 Å². The minimum Gasteiger partial charge on any atom is -0.491 e. The van der Waals surface area contributed by atoms with E-state index in [-0.39, 0.29) is 23.8 Å². The summed E-state index contributed by atoms with van der Waals surface area (Å²) in [7, 11) is 0. The Hall–Kier alpha value is -2.15. The van der Waals surface area contributed by atoms with Gasteiger partial charge in [-0.15, -0.1) is 0 Å². The number of nitrogens with zero attached hydrogens (tertiary/aromatic N) is 3. The zero-order valence-corrected chi connectivity index (χ0v) is 16.8. The number of hydrogen-bond donors (Lipinski definition) is 0. The normalized spacial score (nSPS) is 29.0. The van der Waals surface area contributed by atoms with Gasteiger partial charge in [-0.2, -0.15) is 0 Å². The van der Waals surface area contributed by atoms with Crippen LogP contribution in [0, 0.1) is 5.92 Å². The van der Waals surface area contributed by atoms with Crippen molar-refractivity contribution in [1.29, 1.82) is 0 Å². The Morgan fingerprint density at radius 1 is 0.897 bits per heavy atom. The molecule has 7 heteroatoms. The molecule has 2 amide bonds. The van der Waals surface area contributed by atoms with Crippen LogP contribution in [0.1, 0.15) is 49.4 Å². The molecule has 4 aliphatic rings. The summed E-state index contributed by atoms with van der Waals surface area (Å²) < 4.78 is 10.9. The highest BCUT2D eigenvalue weighted by atomic mass is 16.5. The lowest BCUT2D eigenvalue weighted by Gasteiger charge is -2.40. The number of fused-ring (bicyclic) bond motifs is 1. The third kappa shape index (κ3) is 3.72. The molecule has 0 spiro atoms. The topological polar surface area (TPSA) is 72.0 Å². The fourth-order valence-electron chi connectivity index (χ4n) is 4.98. The van der Waals surface area contributed by atoms with Crippen molar-refractivity contribution in [3.05, 3.63) is 23.5 Å². The van der Waals surface area contributed by atoms with Crippen LogP contribution in [0.2, 0.25) is 0 Å². The van der Waals surface area contributed by atoms with Crippen molar-refractivity contribution in [2.24, 2.45) is 5.92 Å². The number of carbonyl (C=O) groups is 2. The second-order valence-electron chi connectivity index (χ2n) is 8.63. The largest absolute Gasteiger partial charge is 0.491 e. The van der Waals surface area contributed by atoms with Gasteiger partial charge >= 0.3 is 0 Å². The number of pyridine rings is 1. The lowest BCUT2D eigenvalue weighted by molar-refractivity contribution is -0.159. The molecule has 0 radical (unpaired) electrons. The zero-order valence-electron chi connectivity index (χ0n) is 16.8. The fourth-order valence-corrected chi connectivity index (χ4v) is 4.98. The van der Waals surface area contributed by atoms with Gasteiger partial charge in [0.2, 0.25) is 5.91 Å². The molecule has 1 aliphatic carbocycles. The second-order valence-corrected chi connectivity index (χ2v) is 8.63. The van der Waals surface area contributed by atoms with E-state index in [1.54, 1.807) is 0 Å². The van der Waals surface area contributed by atoms with Gasteiger partial charge in [-0.25, -0.2) is 0 Å². The van der Waals surface area contributed by atoms with E-state index in [0.717, 1.165) is 62.3 Å². The van der Waals surface area contributed by atoms with Crippen molar-refractivity contribution < 1.29 is 19.1 Å². The highest BCUT2D eigenvalue weighted by Crippen LogP contribution is 2.37. The van der Waals surface area contributed by atoms with Gasteiger partial charge in [-0.05, 0) is 37.8 Å². The highest BCUT2D eigenvalue weighted by molar-refractivity contribution is 5.82. The van der Waals surface area contributed by atoms with Crippen LogP contribution in [0.3, 0.4) is 0 Å². The zero-order chi connectivity index (χ0) is 19.8. The molecule has 1 saturated carbocycles. The highest BCUT2D eigenvalue weighted by Gasteiger charge is 2.35. The summed E-state index contributed by atoms with van der Waals surface area (Å²) in [5, 5.41) is 0.